The number of pyridine rings is 1. The van der Waals surface area contributed by atoms with Crippen molar-refractivity contribution in [3.63, 3.8) is 0 Å². The van der Waals surface area contributed by atoms with Crippen molar-refractivity contribution in [1.29, 1.82) is 0 Å². The largest absolute Gasteiger partial charge is 0.397 e. The van der Waals surface area contributed by atoms with E-state index in [2.05, 4.69) is 10.3 Å². The van der Waals surface area contributed by atoms with E-state index < -0.39 is 0 Å². The second kappa shape index (κ2) is 5.69. The van der Waals surface area contributed by atoms with E-state index in [9.17, 15) is 9.59 Å². The van der Waals surface area contributed by atoms with Gasteiger partial charge in [-0.25, -0.2) is 0 Å². The second-order valence-corrected chi connectivity index (χ2v) is 4.67. The highest BCUT2D eigenvalue weighted by molar-refractivity contribution is 5.97. The molecule has 102 valence electrons. The number of carbonyl (C=O) groups excluding carboxylic acids is 2. The fourth-order valence-corrected chi connectivity index (χ4v) is 2.11. The minimum absolute atomic E-state index is 0.0209. The number of likely N-dealkylation sites (tertiary alicyclic amines) is 1. The molecule has 1 aromatic heterocycles. The summed E-state index contributed by atoms with van der Waals surface area (Å²) in [5, 5.41) is 2.62. The molecule has 2 amide bonds. The Bertz CT molecular complexity index is 495. The Morgan fingerprint density at radius 2 is 2.11 bits per heavy atom. The molecule has 1 aliphatic heterocycles. The molecule has 0 aromatic carbocycles. The van der Waals surface area contributed by atoms with Crippen molar-refractivity contribution in [1.82, 2.24) is 15.2 Å². The lowest BCUT2D eigenvalue weighted by Crippen LogP contribution is -2.38. The van der Waals surface area contributed by atoms with Gasteiger partial charge in [-0.2, -0.15) is 0 Å². The summed E-state index contributed by atoms with van der Waals surface area (Å²) in [6, 6.07) is 1.57. The van der Waals surface area contributed by atoms with Gasteiger partial charge in [0.05, 0.1) is 29.7 Å². The van der Waals surface area contributed by atoms with Gasteiger partial charge in [0, 0.05) is 13.1 Å². The summed E-state index contributed by atoms with van der Waals surface area (Å²) in [7, 11) is 0. The summed E-state index contributed by atoms with van der Waals surface area (Å²) in [5.74, 6) is -0.356. The van der Waals surface area contributed by atoms with Gasteiger partial charge < -0.3 is 16.0 Å². The van der Waals surface area contributed by atoms with Crippen LogP contribution in [-0.2, 0) is 4.79 Å². The van der Waals surface area contributed by atoms with Gasteiger partial charge in [-0.1, -0.05) is 0 Å². The van der Waals surface area contributed by atoms with E-state index in [1.54, 1.807) is 17.9 Å². The van der Waals surface area contributed by atoms with E-state index in [1.165, 1.54) is 6.20 Å². The van der Waals surface area contributed by atoms with Gasteiger partial charge in [0.15, 0.2) is 0 Å². The third-order valence-electron chi connectivity index (χ3n) is 3.21. The van der Waals surface area contributed by atoms with Crippen LogP contribution in [0.5, 0.6) is 0 Å². The highest BCUT2D eigenvalue weighted by atomic mass is 16.2. The number of hydrogen-bond acceptors (Lipinski definition) is 4. The number of anilines is 1. The van der Waals surface area contributed by atoms with Crippen LogP contribution < -0.4 is 11.1 Å². The van der Waals surface area contributed by atoms with Gasteiger partial charge in [-0.05, 0) is 25.8 Å². The molecular formula is C13H18N4O2. The zero-order chi connectivity index (χ0) is 13.8. The Morgan fingerprint density at radius 3 is 2.79 bits per heavy atom. The summed E-state index contributed by atoms with van der Waals surface area (Å²) in [6.45, 7) is 3.32. The van der Waals surface area contributed by atoms with E-state index in [0.717, 1.165) is 25.9 Å². The fourth-order valence-electron chi connectivity index (χ4n) is 2.11. The molecule has 3 N–H and O–H groups in total. The molecule has 0 atom stereocenters. The smallest absolute Gasteiger partial charge is 0.253 e. The van der Waals surface area contributed by atoms with Crippen LogP contribution in [0, 0.1) is 6.92 Å². The first kappa shape index (κ1) is 13.3. The number of nitrogens with one attached hydrogen (secondary N) is 1. The third-order valence-corrected chi connectivity index (χ3v) is 3.21. The SMILES string of the molecule is Cc1ncc(N)cc1C(=O)NCC(=O)N1CCCC1. The van der Waals surface area contributed by atoms with E-state index in [1.807, 2.05) is 0 Å². The maximum absolute atomic E-state index is 12.0. The molecule has 1 fully saturated rings. The lowest BCUT2D eigenvalue weighted by Gasteiger charge is -2.15. The first-order valence-corrected chi connectivity index (χ1v) is 6.36. The van der Waals surface area contributed by atoms with Crippen LogP contribution in [-0.4, -0.2) is 41.3 Å². The molecule has 6 heteroatoms. The highest BCUT2D eigenvalue weighted by Crippen LogP contribution is 2.10. The quantitative estimate of drug-likeness (QED) is 0.821. The van der Waals surface area contributed by atoms with Gasteiger partial charge in [-0.15, -0.1) is 0 Å². The van der Waals surface area contributed by atoms with E-state index in [4.69, 9.17) is 5.73 Å². The number of hydrogen-bond donors (Lipinski definition) is 2. The van der Waals surface area contributed by atoms with Crippen molar-refractivity contribution in [3.05, 3.63) is 23.5 Å². The predicted molar refractivity (Wildman–Crippen MR) is 71.5 cm³/mol. The topological polar surface area (TPSA) is 88.3 Å². The maximum atomic E-state index is 12.0. The molecule has 0 aliphatic carbocycles. The first-order valence-electron chi connectivity index (χ1n) is 6.36. The zero-order valence-corrected chi connectivity index (χ0v) is 11.0. The average Bonchev–Trinajstić information content (AvgIpc) is 2.92. The molecule has 0 unspecified atom stereocenters. The van der Waals surface area contributed by atoms with Crippen LogP contribution in [0.25, 0.3) is 0 Å². The Kier molecular flexibility index (Phi) is 3.99. The summed E-state index contributed by atoms with van der Waals surface area (Å²) in [4.78, 5) is 29.6. The summed E-state index contributed by atoms with van der Waals surface area (Å²) >= 11 is 0. The van der Waals surface area contributed by atoms with Crippen LogP contribution in [0.1, 0.15) is 28.9 Å². The molecule has 1 saturated heterocycles. The molecule has 19 heavy (non-hydrogen) atoms. The van der Waals surface area contributed by atoms with Crippen molar-refractivity contribution in [3.8, 4) is 0 Å². The zero-order valence-electron chi connectivity index (χ0n) is 11.0. The maximum Gasteiger partial charge on any atom is 0.253 e. The van der Waals surface area contributed by atoms with Gasteiger partial charge in [0.1, 0.15) is 0 Å². The minimum Gasteiger partial charge on any atom is -0.397 e. The Hall–Kier alpha value is -2.11. The van der Waals surface area contributed by atoms with Crippen LogP contribution in [0.3, 0.4) is 0 Å². The van der Waals surface area contributed by atoms with Gasteiger partial charge >= 0.3 is 0 Å². The van der Waals surface area contributed by atoms with E-state index >= 15 is 0 Å². The number of aromatic nitrogens is 1. The predicted octanol–water partition coefficient (Wildman–Crippen LogP) is 0.324. The highest BCUT2D eigenvalue weighted by Gasteiger charge is 2.19. The van der Waals surface area contributed by atoms with Crippen LogP contribution in [0.15, 0.2) is 12.3 Å². The third kappa shape index (κ3) is 3.21. The molecule has 2 heterocycles. The molecule has 1 aliphatic rings. The van der Waals surface area contributed by atoms with Gasteiger partial charge in [0.25, 0.3) is 5.91 Å². The lowest BCUT2D eigenvalue weighted by molar-refractivity contribution is -0.129. The summed E-state index contributed by atoms with van der Waals surface area (Å²) < 4.78 is 0. The van der Waals surface area contributed by atoms with Gasteiger partial charge in [-0.3, -0.25) is 14.6 Å². The average molecular weight is 262 g/mol. The number of nitrogens with two attached hydrogens (primary N) is 1. The normalized spacial score (nSPS) is 14.5. The number of rotatable bonds is 3. The fraction of sp³-hybridized carbons (Fsp3) is 0.462. The van der Waals surface area contributed by atoms with Crippen LogP contribution in [0.4, 0.5) is 5.69 Å². The van der Waals surface area contributed by atoms with Crippen molar-refractivity contribution in [2.75, 3.05) is 25.4 Å². The molecule has 0 radical (unpaired) electrons. The molecule has 0 spiro atoms. The Balaban J connectivity index is 1.93. The minimum atomic E-state index is -0.315. The lowest BCUT2D eigenvalue weighted by atomic mass is 10.2. The molecule has 0 bridgehead atoms. The van der Waals surface area contributed by atoms with Gasteiger partial charge in [0.2, 0.25) is 5.91 Å². The number of aryl methyl sites for hydroxylation is 1. The summed E-state index contributed by atoms with van der Waals surface area (Å²) in [6.07, 6.45) is 3.58. The second-order valence-electron chi connectivity index (χ2n) is 4.67. The van der Waals surface area contributed by atoms with Crippen molar-refractivity contribution in [2.24, 2.45) is 0 Å². The molecule has 2 rings (SSSR count). The Labute approximate surface area is 112 Å². The number of nitrogen functional groups attached to an aromatic ring is 1. The number of carbonyl (C=O) groups is 2. The molecule has 0 saturated carbocycles. The van der Waals surface area contributed by atoms with E-state index in [-0.39, 0.29) is 18.4 Å². The van der Waals surface area contributed by atoms with E-state index in [0.29, 0.717) is 16.9 Å². The van der Waals surface area contributed by atoms with Crippen molar-refractivity contribution < 1.29 is 9.59 Å². The Morgan fingerprint density at radius 1 is 1.42 bits per heavy atom. The van der Waals surface area contributed by atoms with Crippen LogP contribution >= 0.6 is 0 Å². The molecular weight excluding hydrogens is 244 g/mol. The summed E-state index contributed by atoms with van der Waals surface area (Å²) in [5.41, 5.74) is 7.04. The van der Waals surface area contributed by atoms with Crippen molar-refractivity contribution in [2.45, 2.75) is 19.8 Å². The molecule has 6 nitrogen and oxygen atoms in total. The first-order chi connectivity index (χ1) is 9.08. The number of nitrogens with zero attached hydrogens (tertiary/aromatic N) is 2. The monoisotopic (exact) mass is 262 g/mol. The standard InChI is InChI=1S/C13H18N4O2/c1-9-11(6-10(14)7-15-9)13(19)16-8-12(18)17-4-2-3-5-17/h6-7H,2-5,8,14H2,1H3,(H,16,19). The number of amides is 2. The van der Waals surface area contributed by atoms with Crippen molar-refractivity contribution >= 4 is 17.5 Å². The molecule has 1 aromatic rings. The van der Waals surface area contributed by atoms with Crippen LogP contribution in [0.2, 0.25) is 0 Å².